The molecule has 0 aromatic rings. The summed E-state index contributed by atoms with van der Waals surface area (Å²) in [6, 6.07) is 0. The van der Waals surface area contributed by atoms with Crippen LogP contribution >= 0.6 is 11.6 Å². The van der Waals surface area contributed by atoms with Crippen molar-refractivity contribution in [3.05, 3.63) is 0 Å². The van der Waals surface area contributed by atoms with E-state index in [0.29, 0.717) is 6.42 Å². The molecule has 3 heteroatoms. The first-order valence-electron chi connectivity index (χ1n) is 2.26. The van der Waals surface area contributed by atoms with E-state index in [1.807, 2.05) is 0 Å². The minimum absolute atomic E-state index is 0.276. The van der Waals surface area contributed by atoms with Gasteiger partial charge in [-0.15, -0.1) is 11.6 Å². The Balaban J connectivity index is 3.62. The molecular weight excluding hydrogens is 128 g/mol. The molecule has 0 bridgehead atoms. The molecule has 45 valence electrons. The first-order valence-corrected chi connectivity index (χ1v) is 2.70. The van der Waals surface area contributed by atoms with Gasteiger partial charge in [-0.3, -0.25) is 9.59 Å². The van der Waals surface area contributed by atoms with E-state index in [4.69, 9.17) is 11.6 Å². The van der Waals surface area contributed by atoms with Crippen molar-refractivity contribution in [2.45, 2.75) is 18.7 Å². The third-order valence-electron chi connectivity index (χ3n) is 0.735. The third kappa shape index (κ3) is 2.07. The number of hydrogen-bond acceptors (Lipinski definition) is 2. The van der Waals surface area contributed by atoms with Crippen LogP contribution in [0.2, 0.25) is 0 Å². The number of alkyl halides is 1. The van der Waals surface area contributed by atoms with Gasteiger partial charge in [0.15, 0.2) is 11.2 Å². The number of halogens is 1. The molecule has 0 spiro atoms. The standard InChI is InChI=1S/C5H6ClO2/c1-2-5(8)4(6)3-7/h4H,2H2,1H3. The topological polar surface area (TPSA) is 34.1 Å². The zero-order valence-electron chi connectivity index (χ0n) is 4.48. The molecule has 1 radical (unpaired) electrons. The number of rotatable bonds is 3. The Labute approximate surface area is 52.8 Å². The Bertz CT molecular complexity index is 101. The van der Waals surface area contributed by atoms with Gasteiger partial charge in [-0.1, -0.05) is 6.92 Å². The minimum atomic E-state index is -1.06. The van der Waals surface area contributed by atoms with E-state index < -0.39 is 5.38 Å². The highest BCUT2D eigenvalue weighted by Crippen LogP contribution is 1.95. The van der Waals surface area contributed by atoms with Crippen LogP contribution in [0.3, 0.4) is 0 Å². The molecule has 1 unspecified atom stereocenters. The molecule has 0 rings (SSSR count). The van der Waals surface area contributed by atoms with Crippen LogP contribution in [0.15, 0.2) is 0 Å². The minimum Gasteiger partial charge on any atom is -0.298 e. The summed E-state index contributed by atoms with van der Waals surface area (Å²) in [7, 11) is 0. The van der Waals surface area contributed by atoms with E-state index >= 15 is 0 Å². The van der Waals surface area contributed by atoms with E-state index in [9.17, 15) is 9.59 Å². The van der Waals surface area contributed by atoms with Crippen LogP contribution in [0.1, 0.15) is 13.3 Å². The van der Waals surface area contributed by atoms with E-state index in [1.54, 1.807) is 6.92 Å². The predicted molar refractivity (Wildman–Crippen MR) is 30.6 cm³/mol. The number of ketones is 1. The summed E-state index contributed by atoms with van der Waals surface area (Å²) in [6.45, 7) is 1.65. The molecule has 0 fully saturated rings. The van der Waals surface area contributed by atoms with Crippen LogP contribution < -0.4 is 0 Å². The van der Waals surface area contributed by atoms with Crippen LogP contribution in [-0.2, 0) is 9.59 Å². The van der Waals surface area contributed by atoms with Gasteiger partial charge in [-0.2, -0.15) is 0 Å². The Morgan fingerprint density at radius 3 is 2.50 bits per heavy atom. The Kier molecular flexibility index (Phi) is 3.44. The average Bonchev–Trinajstić information content (AvgIpc) is 1.84. The lowest BCUT2D eigenvalue weighted by molar-refractivity contribution is -0.117. The number of hydrogen-bond donors (Lipinski definition) is 0. The predicted octanol–water partition coefficient (Wildman–Crippen LogP) is 0.683. The SMILES string of the molecule is CCC(=O)C(Cl)[C]=O. The summed E-state index contributed by atoms with van der Waals surface area (Å²) in [5, 5.41) is -1.06. The summed E-state index contributed by atoms with van der Waals surface area (Å²) in [6.07, 6.45) is 1.68. The molecule has 0 aromatic carbocycles. The molecule has 0 amide bonds. The summed E-state index contributed by atoms with van der Waals surface area (Å²) in [5.41, 5.74) is 0. The van der Waals surface area contributed by atoms with Gasteiger partial charge in [0, 0.05) is 6.42 Å². The van der Waals surface area contributed by atoms with Crippen molar-refractivity contribution in [1.29, 1.82) is 0 Å². The van der Waals surface area contributed by atoms with Gasteiger partial charge in [0.2, 0.25) is 6.29 Å². The van der Waals surface area contributed by atoms with Crippen molar-refractivity contribution in [2.75, 3.05) is 0 Å². The molecule has 0 aliphatic heterocycles. The van der Waals surface area contributed by atoms with Gasteiger partial charge in [-0.25, -0.2) is 0 Å². The normalized spacial score (nSPS) is 12.8. The number of carbonyl (C=O) groups is 1. The molecule has 0 saturated carbocycles. The number of carbonyl (C=O) groups excluding carboxylic acids is 2. The van der Waals surface area contributed by atoms with Gasteiger partial charge in [0.25, 0.3) is 0 Å². The average molecular weight is 134 g/mol. The quantitative estimate of drug-likeness (QED) is 0.419. The smallest absolute Gasteiger partial charge is 0.225 e. The molecule has 0 N–H and O–H groups in total. The Morgan fingerprint density at radius 1 is 1.88 bits per heavy atom. The van der Waals surface area contributed by atoms with Crippen molar-refractivity contribution in [1.82, 2.24) is 0 Å². The van der Waals surface area contributed by atoms with E-state index in [0.717, 1.165) is 0 Å². The lowest BCUT2D eigenvalue weighted by atomic mass is 10.2. The van der Waals surface area contributed by atoms with Gasteiger partial charge in [-0.05, 0) is 0 Å². The highest BCUT2D eigenvalue weighted by atomic mass is 35.5. The van der Waals surface area contributed by atoms with Gasteiger partial charge in [0.05, 0.1) is 0 Å². The molecule has 0 aromatic heterocycles. The summed E-state index contributed by atoms with van der Waals surface area (Å²) >= 11 is 5.14. The fourth-order valence-electron chi connectivity index (χ4n) is 0.245. The zero-order chi connectivity index (χ0) is 6.57. The fraction of sp³-hybridized carbons (Fsp3) is 0.600. The molecule has 1 atom stereocenters. The van der Waals surface area contributed by atoms with Crippen molar-refractivity contribution >= 4 is 23.7 Å². The molecule has 0 aliphatic carbocycles. The molecule has 0 aliphatic rings. The summed E-state index contributed by atoms with van der Waals surface area (Å²) < 4.78 is 0. The molecular formula is C5H6ClO2. The van der Waals surface area contributed by atoms with Crippen molar-refractivity contribution in [3.8, 4) is 0 Å². The highest BCUT2D eigenvalue weighted by molar-refractivity contribution is 6.38. The van der Waals surface area contributed by atoms with Crippen molar-refractivity contribution in [3.63, 3.8) is 0 Å². The first kappa shape index (κ1) is 7.63. The van der Waals surface area contributed by atoms with Crippen LogP contribution in [-0.4, -0.2) is 17.4 Å². The second-order valence-electron chi connectivity index (χ2n) is 1.30. The molecule has 0 saturated heterocycles. The third-order valence-corrected chi connectivity index (χ3v) is 1.07. The molecule has 8 heavy (non-hydrogen) atoms. The van der Waals surface area contributed by atoms with E-state index in [2.05, 4.69) is 0 Å². The van der Waals surface area contributed by atoms with E-state index in [-0.39, 0.29) is 5.78 Å². The summed E-state index contributed by atoms with van der Waals surface area (Å²) in [5.74, 6) is -0.276. The lowest BCUT2D eigenvalue weighted by Gasteiger charge is -1.91. The molecule has 0 heterocycles. The van der Waals surface area contributed by atoms with Crippen LogP contribution in [0.25, 0.3) is 0 Å². The van der Waals surface area contributed by atoms with Crippen LogP contribution in [0.5, 0.6) is 0 Å². The summed E-state index contributed by atoms with van der Waals surface area (Å²) in [4.78, 5) is 20.0. The second kappa shape index (κ2) is 3.61. The van der Waals surface area contributed by atoms with E-state index in [1.165, 1.54) is 6.29 Å². The Hall–Kier alpha value is -0.370. The van der Waals surface area contributed by atoms with Crippen LogP contribution in [0, 0.1) is 0 Å². The fourth-order valence-corrected chi connectivity index (χ4v) is 0.399. The van der Waals surface area contributed by atoms with Gasteiger partial charge < -0.3 is 0 Å². The van der Waals surface area contributed by atoms with Crippen molar-refractivity contribution in [2.24, 2.45) is 0 Å². The number of Topliss-reactive ketones (excluding diaryl/α,β-unsaturated/α-hetero) is 1. The van der Waals surface area contributed by atoms with Crippen molar-refractivity contribution < 1.29 is 9.59 Å². The second-order valence-corrected chi connectivity index (χ2v) is 1.74. The Morgan fingerprint density at radius 2 is 2.38 bits per heavy atom. The lowest BCUT2D eigenvalue weighted by Crippen LogP contribution is -2.13. The molecule has 2 nitrogen and oxygen atoms in total. The van der Waals surface area contributed by atoms with Crippen LogP contribution in [0.4, 0.5) is 0 Å². The highest BCUT2D eigenvalue weighted by Gasteiger charge is 2.10. The monoisotopic (exact) mass is 133 g/mol. The first-order chi connectivity index (χ1) is 3.72. The van der Waals surface area contributed by atoms with Gasteiger partial charge >= 0.3 is 0 Å². The maximum absolute atomic E-state index is 10.3. The maximum atomic E-state index is 10.3. The van der Waals surface area contributed by atoms with Gasteiger partial charge in [0.1, 0.15) is 0 Å². The zero-order valence-corrected chi connectivity index (χ0v) is 5.23. The largest absolute Gasteiger partial charge is 0.298 e. The maximum Gasteiger partial charge on any atom is 0.225 e.